The first-order chi connectivity index (χ1) is 14.2. The quantitative estimate of drug-likeness (QED) is 0.537. The van der Waals surface area contributed by atoms with E-state index in [2.05, 4.69) is 4.98 Å². The standard InChI is InChI=1S/C21H19F2NO5S/c1-13-20(24-21(29-13)15-4-3-5-18(9-15)28-2)12-30(26,27)11-17(25)8-14-6-7-16(22)10-19(14)23/h3-7,9-10H,8,11-12H2,1-2H3. The lowest BCUT2D eigenvalue weighted by molar-refractivity contribution is -0.116. The van der Waals surface area contributed by atoms with Crippen LogP contribution >= 0.6 is 0 Å². The summed E-state index contributed by atoms with van der Waals surface area (Å²) in [6, 6.07) is 9.72. The molecule has 0 aliphatic rings. The van der Waals surface area contributed by atoms with Crippen LogP contribution in [-0.4, -0.2) is 32.0 Å². The first-order valence-corrected chi connectivity index (χ1v) is 10.8. The number of methoxy groups -OCH3 is 1. The van der Waals surface area contributed by atoms with Gasteiger partial charge in [0.1, 0.15) is 28.9 Å². The highest BCUT2D eigenvalue weighted by Gasteiger charge is 2.23. The number of sulfone groups is 1. The molecule has 3 rings (SSSR count). The number of hydrogen-bond acceptors (Lipinski definition) is 6. The van der Waals surface area contributed by atoms with E-state index >= 15 is 0 Å². The average Bonchev–Trinajstić information content (AvgIpc) is 3.03. The zero-order chi connectivity index (χ0) is 21.9. The van der Waals surface area contributed by atoms with E-state index in [4.69, 9.17) is 9.15 Å². The third kappa shape index (κ3) is 5.29. The van der Waals surface area contributed by atoms with E-state index in [1.165, 1.54) is 7.11 Å². The molecular formula is C21H19F2NO5S. The lowest BCUT2D eigenvalue weighted by Crippen LogP contribution is -2.20. The van der Waals surface area contributed by atoms with Crippen LogP contribution in [0.2, 0.25) is 0 Å². The number of ether oxygens (including phenoxy) is 1. The SMILES string of the molecule is COc1cccc(-c2nc(CS(=O)(=O)CC(=O)Cc3ccc(F)cc3F)c(C)o2)c1. The third-order valence-electron chi connectivity index (χ3n) is 4.35. The zero-order valence-corrected chi connectivity index (χ0v) is 17.1. The van der Waals surface area contributed by atoms with Crippen molar-refractivity contribution in [2.45, 2.75) is 19.1 Å². The Labute approximate surface area is 172 Å². The first kappa shape index (κ1) is 21.6. The van der Waals surface area contributed by atoms with Crippen molar-refractivity contribution < 1.29 is 31.1 Å². The molecule has 0 atom stereocenters. The molecule has 0 unspecified atom stereocenters. The summed E-state index contributed by atoms with van der Waals surface area (Å²) in [6.07, 6.45) is -0.446. The van der Waals surface area contributed by atoms with Crippen LogP contribution in [0.25, 0.3) is 11.5 Å². The maximum absolute atomic E-state index is 13.7. The second-order valence-electron chi connectivity index (χ2n) is 6.74. The second-order valence-corrected chi connectivity index (χ2v) is 8.80. The molecule has 158 valence electrons. The highest BCUT2D eigenvalue weighted by Crippen LogP contribution is 2.26. The molecule has 0 aliphatic carbocycles. The maximum atomic E-state index is 13.7. The second kappa shape index (κ2) is 8.74. The van der Waals surface area contributed by atoms with Crippen LogP contribution in [0.15, 0.2) is 46.9 Å². The summed E-state index contributed by atoms with van der Waals surface area (Å²) >= 11 is 0. The molecule has 1 heterocycles. The molecule has 0 aliphatic heterocycles. The van der Waals surface area contributed by atoms with Gasteiger partial charge in [-0.2, -0.15) is 0 Å². The molecule has 0 radical (unpaired) electrons. The van der Waals surface area contributed by atoms with Gasteiger partial charge in [0.15, 0.2) is 15.6 Å². The Hall–Kier alpha value is -3.07. The minimum Gasteiger partial charge on any atom is -0.497 e. The first-order valence-electron chi connectivity index (χ1n) is 8.93. The predicted octanol–water partition coefficient (Wildman–Crippen LogP) is 3.66. The van der Waals surface area contributed by atoms with Gasteiger partial charge in [-0.25, -0.2) is 22.2 Å². The molecule has 0 saturated heterocycles. The highest BCUT2D eigenvalue weighted by molar-refractivity contribution is 7.91. The Morgan fingerprint density at radius 3 is 2.63 bits per heavy atom. The number of aryl methyl sites for hydroxylation is 1. The summed E-state index contributed by atoms with van der Waals surface area (Å²) in [5.74, 6) is -2.51. The lowest BCUT2D eigenvalue weighted by Gasteiger charge is -2.04. The summed E-state index contributed by atoms with van der Waals surface area (Å²) in [6.45, 7) is 1.58. The van der Waals surface area contributed by atoms with Gasteiger partial charge in [-0.05, 0) is 36.8 Å². The number of nitrogens with zero attached hydrogens (tertiary/aromatic N) is 1. The largest absolute Gasteiger partial charge is 0.497 e. The molecule has 30 heavy (non-hydrogen) atoms. The number of hydrogen-bond donors (Lipinski definition) is 0. The summed E-state index contributed by atoms with van der Waals surface area (Å²) in [5, 5.41) is 0. The van der Waals surface area contributed by atoms with Gasteiger partial charge in [0.25, 0.3) is 0 Å². The molecule has 0 saturated carbocycles. The minimum absolute atomic E-state index is 0.0606. The summed E-state index contributed by atoms with van der Waals surface area (Å²) in [5.41, 5.74) is 0.743. The Morgan fingerprint density at radius 1 is 1.17 bits per heavy atom. The number of ketones is 1. The van der Waals surface area contributed by atoms with E-state index in [1.54, 1.807) is 31.2 Å². The number of Topliss-reactive ketones (excluding diaryl/α,β-unsaturated/α-hetero) is 1. The van der Waals surface area contributed by atoms with Crippen LogP contribution in [0.5, 0.6) is 5.75 Å². The molecule has 0 spiro atoms. The predicted molar refractivity (Wildman–Crippen MR) is 106 cm³/mol. The molecule has 3 aromatic rings. The van der Waals surface area contributed by atoms with Crippen LogP contribution in [-0.2, 0) is 26.8 Å². The molecule has 0 amide bonds. The van der Waals surface area contributed by atoms with Crippen LogP contribution in [0, 0.1) is 18.6 Å². The molecule has 6 nitrogen and oxygen atoms in total. The van der Waals surface area contributed by atoms with E-state index in [-0.39, 0.29) is 17.1 Å². The number of rotatable bonds is 8. The lowest BCUT2D eigenvalue weighted by atomic mass is 10.1. The molecule has 2 aromatic carbocycles. The fourth-order valence-corrected chi connectivity index (χ4v) is 4.25. The Bertz CT molecular complexity index is 1190. The van der Waals surface area contributed by atoms with Crippen LogP contribution in [0.3, 0.4) is 0 Å². The van der Waals surface area contributed by atoms with Crippen molar-refractivity contribution in [2.24, 2.45) is 0 Å². The number of carbonyl (C=O) groups excluding carboxylic acids is 1. The van der Waals surface area contributed by atoms with Crippen molar-refractivity contribution >= 4 is 15.6 Å². The Balaban J connectivity index is 1.72. The fourth-order valence-electron chi connectivity index (χ4n) is 2.87. The zero-order valence-electron chi connectivity index (χ0n) is 16.3. The van der Waals surface area contributed by atoms with E-state index in [1.807, 2.05) is 0 Å². The minimum atomic E-state index is -3.87. The van der Waals surface area contributed by atoms with Gasteiger partial charge in [-0.1, -0.05) is 12.1 Å². The summed E-state index contributed by atoms with van der Waals surface area (Å²) < 4.78 is 62.3. The van der Waals surface area contributed by atoms with E-state index in [0.29, 0.717) is 23.1 Å². The van der Waals surface area contributed by atoms with Gasteiger partial charge in [-0.15, -0.1) is 0 Å². The Kier molecular flexibility index (Phi) is 6.31. The number of oxazole rings is 1. The number of halogens is 2. The molecule has 1 aromatic heterocycles. The van der Waals surface area contributed by atoms with Crippen molar-refractivity contribution in [2.75, 3.05) is 12.9 Å². The van der Waals surface area contributed by atoms with Gasteiger partial charge in [-0.3, -0.25) is 4.79 Å². The Morgan fingerprint density at radius 2 is 1.93 bits per heavy atom. The van der Waals surface area contributed by atoms with Crippen LogP contribution in [0.4, 0.5) is 8.78 Å². The van der Waals surface area contributed by atoms with Crippen molar-refractivity contribution in [1.82, 2.24) is 4.98 Å². The highest BCUT2D eigenvalue weighted by atomic mass is 32.2. The maximum Gasteiger partial charge on any atom is 0.226 e. The molecule has 0 N–H and O–H groups in total. The molecular weight excluding hydrogens is 416 g/mol. The summed E-state index contributed by atoms with van der Waals surface area (Å²) in [7, 11) is -2.35. The smallest absolute Gasteiger partial charge is 0.226 e. The number of benzene rings is 2. The summed E-state index contributed by atoms with van der Waals surface area (Å²) in [4.78, 5) is 16.4. The van der Waals surface area contributed by atoms with E-state index in [9.17, 15) is 22.0 Å². The number of aromatic nitrogens is 1. The van der Waals surface area contributed by atoms with Crippen molar-refractivity contribution in [3.8, 4) is 17.2 Å². The fraction of sp³-hybridized carbons (Fsp3) is 0.238. The van der Waals surface area contributed by atoms with Crippen molar-refractivity contribution in [3.05, 3.63) is 71.1 Å². The normalized spacial score (nSPS) is 11.5. The average molecular weight is 435 g/mol. The third-order valence-corrected chi connectivity index (χ3v) is 5.82. The molecule has 0 bridgehead atoms. The van der Waals surface area contributed by atoms with Gasteiger partial charge in [0.05, 0.1) is 18.6 Å². The van der Waals surface area contributed by atoms with Gasteiger partial charge >= 0.3 is 0 Å². The van der Waals surface area contributed by atoms with Gasteiger partial charge in [0.2, 0.25) is 5.89 Å². The van der Waals surface area contributed by atoms with Crippen LogP contribution in [0.1, 0.15) is 17.0 Å². The number of carbonyl (C=O) groups is 1. The molecule has 9 heteroatoms. The van der Waals surface area contributed by atoms with Crippen LogP contribution < -0.4 is 4.74 Å². The monoisotopic (exact) mass is 435 g/mol. The topological polar surface area (TPSA) is 86.5 Å². The van der Waals surface area contributed by atoms with E-state index < -0.39 is 45.2 Å². The molecule has 0 fully saturated rings. The van der Waals surface area contributed by atoms with Gasteiger partial charge < -0.3 is 9.15 Å². The van der Waals surface area contributed by atoms with Gasteiger partial charge in [0, 0.05) is 18.1 Å². The van der Waals surface area contributed by atoms with Crippen molar-refractivity contribution in [1.29, 1.82) is 0 Å². The van der Waals surface area contributed by atoms with E-state index in [0.717, 1.165) is 12.1 Å². The van der Waals surface area contributed by atoms with Crippen molar-refractivity contribution in [3.63, 3.8) is 0 Å².